The number of anilines is 2. The van der Waals surface area contributed by atoms with Crippen LogP contribution < -0.4 is 10.6 Å². The van der Waals surface area contributed by atoms with Crippen molar-refractivity contribution in [2.45, 2.75) is 6.92 Å². The first-order valence-corrected chi connectivity index (χ1v) is 6.42. The summed E-state index contributed by atoms with van der Waals surface area (Å²) in [4.78, 5) is 15.4. The van der Waals surface area contributed by atoms with Gasteiger partial charge in [-0.3, -0.25) is 4.79 Å². The molecule has 0 atom stereocenters. The molecule has 0 aromatic heterocycles. The van der Waals surface area contributed by atoms with E-state index in [1.807, 2.05) is 23.1 Å². The van der Waals surface area contributed by atoms with E-state index in [-0.39, 0.29) is 5.91 Å². The molecule has 1 heterocycles. The van der Waals surface area contributed by atoms with Crippen LogP contribution in [0.15, 0.2) is 22.7 Å². The van der Waals surface area contributed by atoms with Gasteiger partial charge >= 0.3 is 0 Å². The lowest BCUT2D eigenvalue weighted by Crippen LogP contribution is -2.48. The van der Waals surface area contributed by atoms with Gasteiger partial charge in [0.25, 0.3) is 0 Å². The monoisotopic (exact) mass is 297 g/mol. The van der Waals surface area contributed by atoms with Crippen LogP contribution in [0.3, 0.4) is 0 Å². The van der Waals surface area contributed by atoms with Gasteiger partial charge in [-0.05, 0) is 34.1 Å². The van der Waals surface area contributed by atoms with Crippen LogP contribution in [0, 0.1) is 0 Å². The Hall–Kier alpha value is -1.23. The van der Waals surface area contributed by atoms with Gasteiger partial charge in [-0.25, -0.2) is 0 Å². The molecule has 0 bridgehead atoms. The summed E-state index contributed by atoms with van der Waals surface area (Å²) in [6, 6.07) is 5.83. The minimum absolute atomic E-state index is 0.154. The molecule has 17 heavy (non-hydrogen) atoms. The molecule has 2 rings (SSSR count). The number of nitrogens with two attached hydrogens (primary N) is 1. The maximum atomic E-state index is 11.2. The lowest BCUT2D eigenvalue weighted by atomic mass is 10.2. The van der Waals surface area contributed by atoms with Crippen molar-refractivity contribution in [2.75, 3.05) is 36.8 Å². The number of nitrogen functional groups attached to an aromatic ring is 1. The van der Waals surface area contributed by atoms with Crippen LogP contribution in [0.5, 0.6) is 0 Å². The maximum absolute atomic E-state index is 11.2. The lowest BCUT2D eigenvalue weighted by Gasteiger charge is -2.36. The second-order valence-corrected chi connectivity index (χ2v) is 5.06. The molecule has 1 aliphatic heterocycles. The van der Waals surface area contributed by atoms with Crippen LogP contribution in [0.4, 0.5) is 11.4 Å². The highest BCUT2D eigenvalue weighted by Crippen LogP contribution is 2.28. The highest BCUT2D eigenvalue weighted by atomic mass is 79.9. The first-order valence-electron chi connectivity index (χ1n) is 5.63. The quantitative estimate of drug-likeness (QED) is 0.803. The third kappa shape index (κ3) is 2.72. The van der Waals surface area contributed by atoms with Crippen molar-refractivity contribution in [1.29, 1.82) is 0 Å². The van der Waals surface area contributed by atoms with Crippen molar-refractivity contribution in [3.8, 4) is 0 Å². The standard InChI is InChI=1S/C12H16BrN3O/c1-9(17)15-4-6-16(7-5-15)12-3-2-10(14)8-11(12)13/h2-3,8H,4-7,14H2,1H3. The van der Waals surface area contributed by atoms with Crippen molar-refractivity contribution < 1.29 is 4.79 Å². The van der Waals surface area contributed by atoms with Crippen molar-refractivity contribution in [3.05, 3.63) is 22.7 Å². The number of halogens is 1. The minimum atomic E-state index is 0.154. The van der Waals surface area contributed by atoms with E-state index in [0.717, 1.165) is 42.0 Å². The van der Waals surface area contributed by atoms with Gasteiger partial charge in [-0.1, -0.05) is 0 Å². The lowest BCUT2D eigenvalue weighted by molar-refractivity contribution is -0.129. The van der Waals surface area contributed by atoms with Crippen molar-refractivity contribution >= 4 is 33.2 Å². The molecule has 1 aliphatic rings. The molecule has 1 saturated heterocycles. The van der Waals surface area contributed by atoms with Gasteiger partial charge in [0.05, 0.1) is 5.69 Å². The number of hydrogen-bond donors (Lipinski definition) is 1. The molecule has 1 amide bonds. The molecule has 0 spiro atoms. The van der Waals surface area contributed by atoms with E-state index in [0.29, 0.717) is 0 Å². The summed E-state index contributed by atoms with van der Waals surface area (Å²) in [7, 11) is 0. The summed E-state index contributed by atoms with van der Waals surface area (Å²) < 4.78 is 1.01. The molecule has 0 saturated carbocycles. The van der Waals surface area contributed by atoms with E-state index in [1.54, 1.807) is 6.92 Å². The molecule has 0 aliphatic carbocycles. The average Bonchev–Trinajstić information content (AvgIpc) is 2.29. The average molecular weight is 298 g/mol. The molecule has 92 valence electrons. The Bertz CT molecular complexity index is 428. The van der Waals surface area contributed by atoms with Crippen molar-refractivity contribution in [1.82, 2.24) is 4.90 Å². The smallest absolute Gasteiger partial charge is 0.219 e. The third-order valence-electron chi connectivity index (χ3n) is 3.04. The normalized spacial score (nSPS) is 16.1. The van der Waals surface area contributed by atoms with E-state index in [1.165, 1.54) is 0 Å². The van der Waals surface area contributed by atoms with Gasteiger partial charge in [0, 0.05) is 43.3 Å². The maximum Gasteiger partial charge on any atom is 0.219 e. The summed E-state index contributed by atoms with van der Waals surface area (Å²) in [6.45, 7) is 4.91. The van der Waals surface area contributed by atoms with E-state index < -0.39 is 0 Å². The highest BCUT2D eigenvalue weighted by molar-refractivity contribution is 9.10. The van der Waals surface area contributed by atoms with E-state index in [4.69, 9.17) is 5.73 Å². The fraction of sp³-hybridized carbons (Fsp3) is 0.417. The fourth-order valence-electron chi connectivity index (χ4n) is 2.04. The van der Waals surface area contributed by atoms with Crippen molar-refractivity contribution in [3.63, 3.8) is 0 Å². The molecule has 1 aromatic rings. The van der Waals surface area contributed by atoms with Gasteiger partial charge in [-0.2, -0.15) is 0 Å². The summed E-state index contributed by atoms with van der Waals surface area (Å²) in [5.74, 6) is 0.154. The molecule has 4 nitrogen and oxygen atoms in total. The number of benzene rings is 1. The van der Waals surface area contributed by atoms with Crippen LogP contribution >= 0.6 is 15.9 Å². The first kappa shape index (κ1) is 12.2. The number of rotatable bonds is 1. The Labute approximate surface area is 110 Å². The van der Waals surface area contributed by atoms with Gasteiger partial charge < -0.3 is 15.5 Å². The summed E-state index contributed by atoms with van der Waals surface area (Å²) in [6.07, 6.45) is 0. The highest BCUT2D eigenvalue weighted by Gasteiger charge is 2.19. The molecule has 2 N–H and O–H groups in total. The molecule has 5 heteroatoms. The predicted octanol–water partition coefficient (Wildman–Crippen LogP) is 1.70. The predicted molar refractivity (Wildman–Crippen MR) is 73.0 cm³/mol. The van der Waals surface area contributed by atoms with Gasteiger partial charge in [-0.15, -0.1) is 0 Å². The summed E-state index contributed by atoms with van der Waals surface area (Å²) in [5, 5.41) is 0. The van der Waals surface area contributed by atoms with Gasteiger partial charge in [0.15, 0.2) is 0 Å². The zero-order chi connectivity index (χ0) is 12.4. The second-order valence-electron chi connectivity index (χ2n) is 4.20. The molecule has 1 fully saturated rings. The summed E-state index contributed by atoms with van der Waals surface area (Å²) in [5.41, 5.74) is 7.61. The fourth-order valence-corrected chi connectivity index (χ4v) is 2.69. The molecule has 1 aromatic carbocycles. The Balaban J connectivity index is 2.08. The number of nitrogens with zero attached hydrogens (tertiary/aromatic N) is 2. The minimum Gasteiger partial charge on any atom is -0.399 e. The molecular weight excluding hydrogens is 282 g/mol. The van der Waals surface area contributed by atoms with E-state index in [9.17, 15) is 4.79 Å². The van der Waals surface area contributed by atoms with Gasteiger partial charge in [0.2, 0.25) is 5.91 Å². The third-order valence-corrected chi connectivity index (χ3v) is 3.67. The Kier molecular flexibility index (Phi) is 3.57. The van der Waals surface area contributed by atoms with Crippen LogP contribution in [0.2, 0.25) is 0 Å². The Morgan fingerprint density at radius 3 is 2.47 bits per heavy atom. The summed E-state index contributed by atoms with van der Waals surface area (Å²) >= 11 is 3.52. The Morgan fingerprint density at radius 2 is 1.94 bits per heavy atom. The molecular formula is C12H16BrN3O. The van der Waals surface area contributed by atoms with Crippen LogP contribution in [0.1, 0.15) is 6.92 Å². The number of piperazine rings is 1. The topological polar surface area (TPSA) is 49.6 Å². The molecule has 0 unspecified atom stereocenters. The zero-order valence-corrected chi connectivity index (χ0v) is 11.4. The number of carbonyl (C=O) groups is 1. The van der Waals surface area contributed by atoms with E-state index in [2.05, 4.69) is 20.8 Å². The Morgan fingerprint density at radius 1 is 1.29 bits per heavy atom. The first-order chi connectivity index (χ1) is 8.08. The number of amides is 1. The number of hydrogen-bond acceptors (Lipinski definition) is 3. The largest absolute Gasteiger partial charge is 0.399 e. The van der Waals surface area contributed by atoms with Crippen LogP contribution in [-0.4, -0.2) is 37.0 Å². The van der Waals surface area contributed by atoms with Crippen molar-refractivity contribution in [2.24, 2.45) is 0 Å². The zero-order valence-electron chi connectivity index (χ0n) is 9.82. The molecule has 0 radical (unpaired) electrons. The second kappa shape index (κ2) is 4.96. The van der Waals surface area contributed by atoms with Crippen LogP contribution in [-0.2, 0) is 4.79 Å². The van der Waals surface area contributed by atoms with E-state index >= 15 is 0 Å². The van der Waals surface area contributed by atoms with Crippen LogP contribution in [0.25, 0.3) is 0 Å². The number of carbonyl (C=O) groups excluding carboxylic acids is 1. The van der Waals surface area contributed by atoms with Gasteiger partial charge in [0.1, 0.15) is 0 Å². The SMILES string of the molecule is CC(=O)N1CCN(c2ccc(N)cc2Br)CC1.